The maximum absolute atomic E-state index is 11.7. The molecule has 4 heteroatoms. The first-order valence-corrected chi connectivity index (χ1v) is 5.35. The lowest BCUT2D eigenvalue weighted by Crippen LogP contribution is -2.18. The quantitative estimate of drug-likeness (QED) is 0.757. The summed E-state index contributed by atoms with van der Waals surface area (Å²) in [6.45, 7) is 2.66. The van der Waals surface area contributed by atoms with Crippen molar-refractivity contribution < 1.29 is 4.79 Å². The van der Waals surface area contributed by atoms with Crippen molar-refractivity contribution in [3.63, 3.8) is 0 Å². The van der Waals surface area contributed by atoms with Gasteiger partial charge in [0.2, 0.25) is 0 Å². The third kappa shape index (κ3) is 3.83. The van der Waals surface area contributed by atoms with E-state index in [4.69, 9.17) is 5.73 Å². The second-order valence-corrected chi connectivity index (χ2v) is 3.95. The number of hydrogen-bond acceptors (Lipinski definition) is 3. The van der Waals surface area contributed by atoms with Crippen molar-refractivity contribution in [2.75, 3.05) is 6.54 Å². The van der Waals surface area contributed by atoms with Crippen LogP contribution >= 0.6 is 0 Å². The highest BCUT2D eigenvalue weighted by molar-refractivity contribution is 5.80. The summed E-state index contributed by atoms with van der Waals surface area (Å²) in [6.07, 6.45) is 5.64. The first kappa shape index (κ1) is 11.9. The first-order valence-electron chi connectivity index (χ1n) is 5.35. The molecule has 0 saturated carbocycles. The van der Waals surface area contributed by atoms with E-state index in [1.165, 1.54) is 0 Å². The lowest BCUT2D eigenvalue weighted by molar-refractivity contribution is -0.119. The monoisotopic (exact) mass is 209 g/mol. The molecular formula is C11H19N3O. The average Bonchev–Trinajstić information content (AvgIpc) is 2.60. The van der Waals surface area contributed by atoms with Gasteiger partial charge in [-0.2, -0.15) is 5.10 Å². The average molecular weight is 209 g/mol. The topological polar surface area (TPSA) is 60.9 Å². The highest BCUT2D eigenvalue weighted by Gasteiger charge is 2.11. The van der Waals surface area contributed by atoms with Gasteiger partial charge in [0.05, 0.1) is 6.20 Å². The van der Waals surface area contributed by atoms with Crippen LogP contribution in [-0.4, -0.2) is 22.1 Å². The Kier molecular flexibility index (Phi) is 4.49. The molecule has 1 unspecified atom stereocenters. The fourth-order valence-electron chi connectivity index (χ4n) is 1.58. The maximum Gasteiger partial charge on any atom is 0.137 e. The van der Waals surface area contributed by atoms with Gasteiger partial charge in [0.25, 0.3) is 0 Å². The Balaban J connectivity index is 2.42. The van der Waals surface area contributed by atoms with Crippen molar-refractivity contribution in [3.05, 3.63) is 18.0 Å². The van der Waals surface area contributed by atoms with E-state index in [1.807, 2.05) is 13.2 Å². The van der Waals surface area contributed by atoms with Crippen molar-refractivity contribution in [2.24, 2.45) is 18.7 Å². The number of rotatable bonds is 6. The molecule has 0 aliphatic rings. The standard InChI is InChI=1S/C11H19N3O/c1-3-9(6-12)4-11(15)5-10-7-13-14(2)8-10/h7-9H,3-6,12H2,1-2H3. The fraction of sp³-hybridized carbons (Fsp3) is 0.636. The zero-order valence-electron chi connectivity index (χ0n) is 9.44. The van der Waals surface area contributed by atoms with E-state index < -0.39 is 0 Å². The molecule has 1 atom stereocenters. The molecule has 4 nitrogen and oxygen atoms in total. The second kappa shape index (κ2) is 5.66. The molecule has 15 heavy (non-hydrogen) atoms. The van der Waals surface area contributed by atoms with Crippen molar-refractivity contribution in [1.82, 2.24) is 9.78 Å². The molecule has 1 aromatic rings. The van der Waals surface area contributed by atoms with Crippen LogP contribution in [0.5, 0.6) is 0 Å². The molecule has 0 fully saturated rings. The summed E-state index contributed by atoms with van der Waals surface area (Å²) in [7, 11) is 1.85. The summed E-state index contributed by atoms with van der Waals surface area (Å²) in [5.74, 6) is 0.578. The Morgan fingerprint density at radius 3 is 2.87 bits per heavy atom. The number of nitrogens with zero attached hydrogens (tertiary/aromatic N) is 2. The molecule has 0 aliphatic heterocycles. The molecule has 2 N–H and O–H groups in total. The minimum absolute atomic E-state index is 0.250. The zero-order chi connectivity index (χ0) is 11.3. The van der Waals surface area contributed by atoms with Gasteiger partial charge in [-0.3, -0.25) is 9.48 Å². The molecule has 1 aromatic heterocycles. The summed E-state index contributed by atoms with van der Waals surface area (Å²) >= 11 is 0. The number of carbonyl (C=O) groups excluding carboxylic acids is 1. The largest absolute Gasteiger partial charge is 0.330 e. The minimum Gasteiger partial charge on any atom is -0.330 e. The highest BCUT2D eigenvalue weighted by atomic mass is 16.1. The number of hydrogen-bond donors (Lipinski definition) is 1. The molecular weight excluding hydrogens is 190 g/mol. The number of aryl methyl sites for hydroxylation is 1. The van der Waals surface area contributed by atoms with Crippen LogP contribution in [0.25, 0.3) is 0 Å². The SMILES string of the molecule is CCC(CN)CC(=O)Cc1cnn(C)c1. The molecule has 0 aromatic carbocycles. The molecule has 0 radical (unpaired) electrons. The zero-order valence-corrected chi connectivity index (χ0v) is 9.44. The van der Waals surface area contributed by atoms with E-state index in [2.05, 4.69) is 12.0 Å². The van der Waals surface area contributed by atoms with Crippen LogP contribution in [-0.2, 0) is 18.3 Å². The minimum atomic E-state index is 0.250. The van der Waals surface area contributed by atoms with Gasteiger partial charge in [0.15, 0.2) is 0 Å². The second-order valence-electron chi connectivity index (χ2n) is 3.95. The Morgan fingerprint density at radius 2 is 2.40 bits per heavy atom. The van der Waals surface area contributed by atoms with Crippen LogP contribution in [0.4, 0.5) is 0 Å². The summed E-state index contributed by atoms with van der Waals surface area (Å²) in [6, 6.07) is 0. The normalized spacial score (nSPS) is 12.7. The van der Waals surface area contributed by atoms with Gasteiger partial charge in [0.1, 0.15) is 5.78 Å². The highest BCUT2D eigenvalue weighted by Crippen LogP contribution is 2.09. The van der Waals surface area contributed by atoms with Crippen LogP contribution < -0.4 is 5.73 Å². The Bertz CT molecular complexity index is 315. The molecule has 0 amide bonds. The molecule has 1 heterocycles. The molecule has 0 spiro atoms. The van der Waals surface area contributed by atoms with Gasteiger partial charge in [-0.15, -0.1) is 0 Å². The van der Waals surface area contributed by atoms with Crippen LogP contribution in [0, 0.1) is 5.92 Å². The Morgan fingerprint density at radius 1 is 1.67 bits per heavy atom. The van der Waals surface area contributed by atoms with E-state index >= 15 is 0 Å². The molecule has 0 bridgehead atoms. The summed E-state index contributed by atoms with van der Waals surface area (Å²) in [4.78, 5) is 11.7. The van der Waals surface area contributed by atoms with Crippen LogP contribution in [0.15, 0.2) is 12.4 Å². The van der Waals surface area contributed by atoms with Crippen molar-refractivity contribution >= 4 is 5.78 Å². The van der Waals surface area contributed by atoms with Crippen LogP contribution in [0.1, 0.15) is 25.3 Å². The van der Waals surface area contributed by atoms with Gasteiger partial charge in [0, 0.05) is 26.1 Å². The fourth-order valence-corrected chi connectivity index (χ4v) is 1.58. The van der Waals surface area contributed by atoms with Crippen molar-refractivity contribution in [3.8, 4) is 0 Å². The summed E-state index contributed by atoms with van der Waals surface area (Å²) < 4.78 is 1.71. The van der Waals surface area contributed by atoms with E-state index in [1.54, 1.807) is 10.9 Å². The Hall–Kier alpha value is -1.16. The third-order valence-electron chi connectivity index (χ3n) is 2.59. The number of aromatic nitrogens is 2. The van der Waals surface area contributed by atoms with Gasteiger partial charge in [-0.05, 0) is 18.0 Å². The van der Waals surface area contributed by atoms with Crippen LogP contribution in [0.2, 0.25) is 0 Å². The molecule has 0 aliphatic carbocycles. The number of nitrogens with two attached hydrogens (primary N) is 1. The molecule has 0 saturated heterocycles. The van der Waals surface area contributed by atoms with E-state index in [0.717, 1.165) is 12.0 Å². The van der Waals surface area contributed by atoms with Crippen molar-refractivity contribution in [1.29, 1.82) is 0 Å². The van der Waals surface area contributed by atoms with Gasteiger partial charge in [-0.25, -0.2) is 0 Å². The number of Topliss-reactive ketones (excluding diaryl/α,β-unsaturated/α-hetero) is 1. The summed E-state index contributed by atoms with van der Waals surface area (Å²) in [5, 5.41) is 4.03. The third-order valence-corrected chi connectivity index (χ3v) is 2.59. The predicted octanol–water partition coefficient (Wildman–Crippen LogP) is 0.907. The predicted molar refractivity (Wildman–Crippen MR) is 59.4 cm³/mol. The van der Waals surface area contributed by atoms with Gasteiger partial charge < -0.3 is 5.73 Å². The van der Waals surface area contributed by atoms with E-state index in [0.29, 0.717) is 25.3 Å². The lowest BCUT2D eigenvalue weighted by Gasteiger charge is -2.09. The summed E-state index contributed by atoms with van der Waals surface area (Å²) in [5.41, 5.74) is 6.54. The van der Waals surface area contributed by atoms with E-state index in [-0.39, 0.29) is 5.78 Å². The smallest absolute Gasteiger partial charge is 0.137 e. The Labute approximate surface area is 90.5 Å². The van der Waals surface area contributed by atoms with Crippen molar-refractivity contribution in [2.45, 2.75) is 26.2 Å². The van der Waals surface area contributed by atoms with Crippen LogP contribution in [0.3, 0.4) is 0 Å². The lowest BCUT2D eigenvalue weighted by atomic mass is 9.97. The van der Waals surface area contributed by atoms with E-state index in [9.17, 15) is 4.79 Å². The first-order chi connectivity index (χ1) is 7.15. The molecule has 1 rings (SSSR count). The number of carbonyl (C=O) groups is 1. The van der Waals surface area contributed by atoms with Gasteiger partial charge >= 0.3 is 0 Å². The van der Waals surface area contributed by atoms with Gasteiger partial charge in [-0.1, -0.05) is 13.3 Å². The number of ketones is 1. The molecule has 84 valence electrons. The maximum atomic E-state index is 11.7.